The van der Waals surface area contributed by atoms with Gasteiger partial charge in [0.05, 0.1) is 6.04 Å². The molecule has 0 aromatic heterocycles. The Kier molecular flexibility index (Phi) is 5.85. The van der Waals surface area contributed by atoms with Crippen LogP contribution in [0.15, 0.2) is 18.2 Å². The Balaban J connectivity index is 2.60. The molecule has 106 valence electrons. The molecule has 0 bridgehead atoms. The van der Waals surface area contributed by atoms with Gasteiger partial charge in [-0.05, 0) is 24.1 Å². The number of nitrogens with two attached hydrogens (primary N) is 1. The van der Waals surface area contributed by atoms with Gasteiger partial charge >= 0.3 is 0 Å². The van der Waals surface area contributed by atoms with Gasteiger partial charge in [-0.2, -0.15) is 0 Å². The lowest BCUT2D eigenvalue weighted by Crippen LogP contribution is -2.42. The molecule has 2 N–H and O–H groups in total. The highest BCUT2D eigenvalue weighted by Crippen LogP contribution is 2.11. The largest absolute Gasteiger partial charge is 0.385 e. The molecule has 1 unspecified atom stereocenters. The van der Waals surface area contributed by atoms with Crippen LogP contribution in [0, 0.1) is 11.6 Å². The number of hydrogen-bond donors (Lipinski definition) is 1. The lowest BCUT2D eigenvalue weighted by atomic mass is 10.1. The first-order valence-corrected chi connectivity index (χ1v) is 5.89. The quantitative estimate of drug-likeness (QED) is 0.849. The van der Waals surface area contributed by atoms with Crippen molar-refractivity contribution in [1.82, 2.24) is 4.90 Å². The Morgan fingerprint density at radius 2 is 2.11 bits per heavy atom. The summed E-state index contributed by atoms with van der Waals surface area (Å²) in [7, 11) is 3.10. The molecule has 0 saturated heterocycles. The summed E-state index contributed by atoms with van der Waals surface area (Å²) < 4.78 is 30.7. The second-order valence-corrected chi connectivity index (χ2v) is 4.33. The van der Waals surface area contributed by atoms with E-state index in [-0.39, 0.29) is 12.5 Å². The van der Waals surface area contributed by atoms with Crippen LogP contribution in [0.25, 0.3) is 0 Å². The molecule has 0 heterocycles. The maximum absolute atomic E-state index is 13.0. The molecule has 6 heteroatoms. The highest BCUT2D eigenvalue weighted by Gasteiger charge is 2.18. The van der Waals surface area contributed by atoms with Crippen molar-refractivity contribution in [2.45, 2.75) is 19.0 Å². The minimum atomic E-state index is -0.929. The number of hydrogen-bond acceptors (Lipinski definition) is 3. The van der Waals surface area contributed by atoms with Crippen molar-refractivity contribution < 1.29 is 18.3 Å². The molecular formula is C13H18F2N2O2. The number of carbonyl (C=O) groups is 1. The van der Waals surface area contributed by atoms with E-state index in [0.29, 0.717) is 18.6 Å². The molecule has 0 aliphatic rings. The minimum absolute atomic E-state index is 0.177. The van der Waals surface area contributed by atoms with E-state index in [1.807, 2.05) is 0 Å². The first-order chi connectivity index (χ1) is 8.95. The number of amides is 1. The first kappa shape index (κ1) is 15.5. The molecule has 0 saturated carbocycles. The van der Waals surface area contributed by atoms with E-state index in [9.17, 15) is 13.6 Å². The minimum Gasteiger partial charge on any atom is -0.385 e. The van der Waals surface area contributed by atoms with Gasteiger partial charge in [-0.15, -0.1) is 0 Å². The van der Waals surface area contributed by atoms with E-state index in [2.05, 4.69) is 0 Å². The average Bonchev–Trinajstić information content (AvgIpc) is 2.39. The lowest BCUT2D eigenvalue weighted by molar-refractivity contribution is -0.132. The second kappa shape index (κ2) is 7.16. The summed E-state index contributed by atoms with van der Waals surface area (Å²) in [6, 6.07) is 2.88. The van der Waals surface area contributed by atoms with Crippen LogP contribution in [-0.2, 0) is 16.1 Å². The van der Waals surface area contributed by atoms with Crippen molar-refractivity contribution in [3.05, 3.63) is 35.4 Å². The third-order valence-electron chi connectivity index (χ3n) is 2.73. The topological polar surface area (TPSA) is 55.6 Å². The predicted molar refractivity (Wildman–Crippen MR) is 67.3 cm³/mol. The Labute approximate surface area is 111 Å². The van der Waals surface area contributed by atoms with Gasteiger partial charge in [-0.1, -0.05) is 6.07 Å². The smallest absolute Gasteiger partial charge is 0.239 e. The molecule has 0 fully saturated rings. The summed E-state index contributed by atoms with van der Waals surface area (Å²) in [5, 5.41) is 0. The average molecular weight is 272 g/mol. The maximum atomic E-state index is 13.0. The van der Waals surface area contributed by atoms with Crippen LogP contribution in [0.1, 0.15) is 12.0 Å². The number of carbonyl (C=O) groups excluding carboxylic acids is 1. The third kappa shape index (κ3) is 4.57. The van der Waals surface area contributed by atoms with Crippen LogP contribution in [0.4, 0.5) is 8.78 Å². The molecule has 0 spiro atoms. The van der Waals surface area contributed by atoms with Crippen LogP contribution in [0.3, 0.4) is 0 Å². The molecule has 1 rings (SSSR count). The summed E-state index contributed by atoms with van der Waals surface area (Å²) in [5.41, 5.74) is 6.21. The van der Waals surface area contributed by atoms with Crippen molar-refractivity contribution in [2.24, 2.45) is 5.73 Å². The van der Waals surface area contributed by atoms with Crippen LogP contribution in [0.2, 0.25) is 0 Å². The summed E-state index contributed by atoms with van der Waals surface area (Å²) in [6.07, 6.45) is 0.414. The zero-order valence-corrected chi connectivity index (χ0v) is 11.0. The van der Waals surface area contributed by atoms with E-state index in [1.54, 1.807) is 7.05 Å². The van der Waals surface area contributed by atoms with Crippen molar-refractivity contribution in [3.63, 3.8) is 0 Å². The normalized spacial score (nSPS) is 12.3. The Hall–Kier alpha value is -1.53. The third-order valence-corrected chi connectivity index (χ3v) is 2.73. The van der Waals surface area contributed by atoms with Crippen molar-refractivity contribution in [1.29, 1.82) is 0 Å². The number of benzene rings is 1. The van der Waals surface area contributed by atoms with Gasteiger partial charge in [-0.3, -0.25) is 4.79 Å². The predicted octanol–water partition coefficient (Wildman–Crippen LogP) is 1.29. The van der Waals surface area contributed by atoms with E-state index in [4.69, 9.17) is 10.5 Å². The van der Waals surface area contributed by atoms with Crippen molar-refractivity contribution in [2.75, 3.05) is 20.8 Å². The molecule has 0 aliphatic carbocycles. The first-order valence-electron chi connectivity index (χ1n) is 5.89. The summed E-state index contributed by atoms with van der Waals surface area (Å²) in [5.74, 6) is -2.10. The summed E-state index contributed by atoms with van der Waals surface area (Å²) >= 11 is 0. The van der Waals surface area contributed by atoms with Gasteiger partial charge in [0.15, 0.2) is 11.6 Å². The van der Waals surface area contributed by atoms with Crippen LogP contribution >= 0.6 is 0 Å². The molecule has 1 atom stereocenters. The fourth-order valence-corrected chi connectivity index (χ4v) is 1.64. The fraction of sp³-hybridized carbons (Fsp3) is 0.462. The molecular weight excluding hydrogens is 254 g/mol. The zero-order chi connectivity index (χ0) is 14.4. The maximum Gasteiger partial charge on any atom is 0.239 e. The van der Waals surface area contributed by atoms with Crippen molar-refractivity contribution >= 4 is 5.91 Å². The number of likely N-dealkylation sites (N-methyl/N-ethyl adjacent to an activating group) is 1. The van der Waals surface area contributed by atoms with E-state index in [0.717, 1.165) is 12.1 Å². The number of methoxy groups -OCH3 is 1. The molecule has 19 heavy (non-hydrogen) atoms. The fourth-order valence-electron chi connectivity index (χ4n) is 1.64. The molecule has 1 amide bonds. The standard InChI is InChI=1S/C13H18F2N2O2/c1-17(13(18)12(16)5-6-19-2)8-9-3-4-10(14)11(15)7-9/h3-4,7,12H,5-6,8,16H2,1-2H3. The Morgan fingerprint density at radius 1 is 1.42 bits per heavy atom. The van der Waals surface area contributed by atoms with E-state index in [1.165, 1.54) is 18.1 Å². The highest BCUT2D eigenvalue weighted by atomic mass is 19.2. The lowest BCUT2D eigenvalue weighted by Gasteiger charge is -2.21. The monoisotopic (exact) mass is 272 g/mol. The second-order valence-electron chi connectivity index (χ2n) is 4.33. The van der Waals surface area contributed by atoms with E-state index < -0.39 is 17.7 Å². The zero-order valence-electron chi connectivity index (χ0n) is 11.0. The van der Waals surface area contributed by atoms with Crippen molar-refractivity contribution in [3.8, 4) is 0 Å². The number of halogens is 2. The SMILES string of the molecule is COCCC(N)C(=O)N(C)Cc1ccc(F)c(F)c1. The van der Waals surface area contributed by atoms with E-state index >= 15 is 0 Å². The van der Waals surface area contributed by atoms with Crippen LogP contribution < -0.4 is 5.73 Å². The van der Waals surface area contributed by atoms with Gasteiger partial charge in [0, 0.05) is 27.3 Å². The molecule has 0 aliphatic heterocycles. The summed E-state index contributed by atoms with van der Waals surface area (Å²) in [6.45, 7) is 0.572. The summed E-state index contributed by atoms with van der Waals surface area (Å²) in [4.78, 5) is 13.3. The number of rotatable bonds is 6. The van der Waals surface area contributed by atoms with Crippen LogP contribution in [0.5, 0.6) is 0 Å². The Morgan fingerprint density at radius 3 is 2.68 bits per heavy atom. The highest BCUT2D eigenvalue weighted by molar-refractivity contribution is 5.81. The molecule has 0 radical (unpaired) electrons. The van der Waals surface area contributed by atoms with Gasteiger partial charge in [0.2, 0.25) is 5.91 Å². The molecule has 1 aromatic rings. The molecule has 4 nitrogen and oxygen atoms in total. The molecule has 1 aromatic carbocycles. The van der Waals surface area contributed by atoms with Gasteiger partial charge in [0.25, 0.3) is 0 Å². The Bertz CT molecular complexity index is 441. The number of ether oxygens (including phenoxy) is 1. The van der Waals surface area contributed by atoms with Gasteiger partial charge in [0.1, 0.15) is 0 Å². The van der Waals surface area contributed by atoms with Gasteiger partial charge in [-0.25, -0.2) is 8.78 Å². The number of nitrogens with zero attached hydrogens (tertiary/aromatic N) is 1. The van der Waals surface area contributed by atoms with Crippen LogP contribution in [-0.4, -0.2) is 37.6 Å². The van der Waals surface area contributed by atoms with Gasteiger partial charge < -0.3 is 15.4 Å².